The fraction of sp³-hybridized carbons (Fsp3) is 0.529. The maximum Gasteiger partial charge on any atom is 0.265 e. The molecule has 1 aliphatic heterocycles. The van der Waals surface area contributed by atoms with Gasteiger partial charge in [-0.25, -0.2) is 0 Å². The lowest BCUT2D eigenvalue weighted by Gasteiger charge is -2.22. The molecule has 0 aromatic carbocycles. The molecule has 0 spiro atoms. The number of furan rings is 1. The van der Waals surface area contributed by atoms with Gasteiger partial charge in [-0.3, -0.25) is 14.5 Å². The minimum atomic E-state index is -0.300. The molecule has 3 rings (SSSR count). The highest BCUT2D eigenvalue weighted by Gasteiger charge is 2.38. The molecule has 2 aromatic rings. The van der Waals surface area contributed by atoms with E-state index in [4.69, 9.17) is 4.42 Å². The van der Waals surface area contributed by atoms with Gasteiger partial charge in [0, 0.05) is 19.1 Å². The zero-order chi connectivity index (χ0) is 18.7. The first-order valence-corrected chi connectivity index (χ1v) is 9.42. The van der Waals surface area contributed by atoms with Crippen LogP contribution < -0.4 is 10.6 Å². The van der Waals surface area contributed by atoms with Gasteiger partial charge in [-0.1, -0.05) is 4.49 Å². The van der Waals surface area contributed by atoms with Crippen molar-refractivity contribution in [2.75, 3.05) is 13.1 Å². The van der Waals surface area contributed by atoms with Gasteiger partial charge in [0.15, 0.2) is 0 Å². The minimum absolute atomic E-state index is 0.0248. The number of likely N-dealkylation sites (tertiary alicyclic amines) is 1. The van der Waals surface area contributed by atoms with Gasteiger partial charge < -0.3 is 15.1 Å². The first kappa shape index (κ1) is 18.5. The van der Waals surface area contributed by atoms with Crippen molar-refractivity contribution in [3.8, 4) is 0 Å². The molecule has 2 atom stereocenters. The molecule has 26 heavy (non-hydrogen) atoms. The molecule has 140 valence electrons. The number of aryl methyl sites for hydroxylation is 2. The molecule has 9 heteroatoms. The quantitative estimate of drug-likeness (QED) is 0.786. The second kappa shape index (κ2) is 7.96. The third-order valence-corrected chi connectivity index (χ3v) is 5.23. The van der Waals surface area contributed by atoms with Crippen molar-refractivity contribution in [1.82, 2.24) is 25.1 Å². The van der Waals surface area contributed by atoms with Crippen LogP contribution in [0.2, 0.25) is 0 Å². The van der Waals surface area contributed by atoms with Crippen LogP contribution in [0.15, 0.2) is 16.5 Å². The van der Waals surface area contributed by atoms with E-state index >= 15 is 0 Å². The van der Waals surface area contributed by atoms with Crippen LogP contribution in [0.25, 0.3) is 0 Å². The fourth-order valence-electron chi connectivity index (χ4n) is 3.21. The van der Waals surface area contributed by atoms with E-state index in [0.29, 0.717) is 36.6 Å². The molecule has 8 nitrogen and oxygen atoms in total. The summed E-state index contributed by atoms with van der Waals surface area (Å²) in [5.41, 5.74) is 0.619. The van der Waals surface area contributed by atoms with Crippen molar-refractivity contribution in [3.63, 3.8) is 0 Å². The topological polar surface area (TPSA) is 100 Å². The van der Waals surface area contributed by atoms with Gasteiger partial charge in [0.2, 0.25) is 5.91 Å². The molecule has 3 heterocycles. The van der Waals surface area contributed by atoms with Crippen molar-refractivity contribution in [2.24, 2.45) is 0 Å². The Morgan fingerprint density at radius 1 is 1.38 bits per heavy atom. The first-order chi connectivity index (χ1) is 12.5. The van der Waals surface area contributed by atoms with Crippen LogP contribution in [0, 0.1) is 13.8 Å². The summed E-state index contributed by atoms with van der Waals surface area (Å²) in [6.07, 6.45) is 0.558. The largest absolute Gasteiger partial charge is 0.465 e. The Hall–Kier alpha value is -2.26. The summed E-state index contributed by atoms with van der Waals surface area (Å²) in [6, 6.07) is 3.41. The Labute approximate surface area is 156 Å². The van der Waals surface area contributed by atoms with Crippen LogP contribution in [-0.2, 0) is 11.3 Å². The molecule has 0 saturated carbocycles. The number of hydrogen-bond acceptors (Lipinski definition) is 7. The standard InChI is InChI=1S/C17H23N5O3S/c1-4-18-16(23)14-7-12(19-17(24)15-11(3)20-21-26-15)8-22(14)9-13-6-5-10(2)25-13/h5-6,12,14H,4,7-9H2,1-3H3,(H,18,23)(H,19,24)/t12-,14+/m1/s1. The minimum Gasteiger partial charge on any atom is -0.465 e. The zero-order valence-electron chi connectivity index (χ0n) is 15.1. The number of aromatic nitrogens is 2. The molecule has 1 saturated heterocycles. The van der Waals surface area contributed by atoms with Crippen LogP contribution in [0.3, 0.4) is 0 Å². The summed E-state index contributed by atoms with van der Waals surface area (Å²) < 4.78 is 9.45. The summed E-state index contributed by atoms with van der Waals surface area (Å²) >= 11 is 1.08. The monoisotopic (exact) mass is 377 g/mol. The lowest BCUT2D eigenvalue weighted by molar-refractivity contribution is -0.125. The number of likely N-dealkylation sites (N-methyl/N-ethyl adjacent to an activating group) is 1. The molecule has 2 amide bonds. The molecule has 1 fully saturated rings. The predicted octanol–water partition coefficient (Wildman–Crippen LogP) is 1.26. The molecule has 2 N–H and O–H groups in total. The summed E-state index contributed by atoms with van der Waals surface area (Å²) in [7, 11) is 0. The smallest absolute Gasteiger partial charge is 0.265 e. The van der Waals surface area contributed by atoms with Crippen LogP contribution in [0.1, 0.15) is 40.2 Å². The van der Waals surface area contributed by atoms with E-state index in [0.717, 1.165) is 23.1 Å². The van der Waals surface area contributed by atoms with Crippen LogP contribution in [0.5, 0.6) is 0 Å². The SMILES string of the molecule is CCNC(=O)[C@@H]1C[C@@H](NC(=O)c2snnc2C)CN1Cc1ccc(C)o1. The van der Waals surface area contributed by atoms with Gasteiger partial charge in [-0.2, -0.15) is 0 Å². The second-order valence-electron chi connectivity index (χ2n) is 6.45. The van der Waals surface area contributed by atoms with Crippen LogP contribution in [-0.4, -0.2) is 51.5 Å². The number of carbonyl (C=O) groups is 2. The molecule has 0 bridgehead atoms. The van der Waals surface area contributed by atoms with E-state index in [2.05, 4.69) is 20.2 Å². The summed E-state index contributed by atoms with van der Waals surface area (Å²) in [6.45, 7) is 7.23. The fourth-order valence-corrected chi connectivity index (χ4v) is 3.77. The van der Waals surface area contributed by atoms with E-state index in [1.165, 1.54) is 0 Å². The van der Waals surface area contributed by atoms with E-state index in [1.54, 1.807) is 6.92 Å². The average molecular weight is 377 g/mol. The normalized spacial score (nSPS) is 20.3. The summed E-state index contributed by atoms with van der Waals surface area (Å²) in [5.74, 6) is 1.44. The number of nitrogens with one attached hydrogen (secondary N) is 2. The Kier molecular flexibility index (Phi) is 5.67. The lowest BCUT2D eigenvalue weighted by Crippen LogP contribution is -2.42. The number of rotatable bonds is 6. The summed E-state index contributed by atoms with van der Waals surface area (Å²) in [5, 5.41) is 9.76. The molecule has 0 radical (unpaired) electrons. The third-order valence-electron chi connectivity index (χ3n) is 4.41. The van der Waals surface area contributed by atoms with Gasteiger partial charge in [-0.05, 0) is 50.9 Å². The molecule has 0 aliphatic carbocycles. The van der Waals surface area contributed by atoms with Crippen LogP contribution in [0.4, 0.5) is 0 Å². The first-order valence-electron chi connectivity index (χ1n) is 8.64. The highest BCUT2D eigenvalue weighted by atomic mass is 32.1. The molecule has 0 unspecified atom stereocenters. The van der Waals surface area contributed by atoms with E-state index in [1.807, 2.05) is 30.9 Å². The number of hydrogen-bond donors (Lipinski definition) is 2. The Morgan fingerprint density at radius 2 is 2.19 bits per heavy atom. The molecule has 2 aromatic heterocycles. The maximum absolute atomic E-state index is 12.5. The van der Waals surface area contributed by atoms with Gasteiger partial charge >= 0.3 is 0 Å². The number of amides is 2. The Bertz CT molecular complexity index is 787. The highest BCUT2D eigenvalue weighted by Crippen LogP contribution is 2.22. The van der Waals surface area contributed by atoms with Crippen molar-refractivity contribution < 1.29 is 14.0 Å². The van der Waals surface area contributed by atoms with E-state index in [9.17, 15) is 9.59 Å². The van der Waals surface area contributed by atoms with Gasteiger partial charge in [0.1, 0.15) is 16.4 Å². The summed E-state index contributed by atoms with van der Waals surface area (Å²) in [4.78, 5) is 27.4. The Balaban J connectivity index is 1.69. The molecular formula is C17H23N5O3S. The van der Waals surface area contributed by atoms with Crippen molar-refractivity contribution in [3.05, 3.63) is 34.2 Å². The van der Waals surface area contributed by atoms with Gasteiger partial charge in [-0.15, -0.1) is 5.10 Å². The Morgan fingerprint density at radius 3 is 2.81 bits per heavy atom. The van der Waals surface area contributed by atoms with Crippen molar-refractivity contribution in [1.29, 1.82) is 0 Å². The van der Waals surface area contributed by atoms with Crippen molar-refractivity contribution in [2.45, 2.75) is 45.8 Å². The second-order valence-corrected chi connectivity index (χ2v) is 7.20. The van der Waals surface area contributed by atoms with Crippen molar-refractivity contribution >= 4 is 23.3 Å². The maximum atomic E-state index is 12.5. The number of carbonyl (C=O) groups excluding carboxylic acids is 2. The zero-order valence-corrected chi connectivity index (χ0v) is 15.9. The number of nitrogens with zero attached hydrogens (tertiary/aromatic N) is 3. The van der Waals surface area contributed by atoms with Gasteiger partial charge in [0.25, 0.3) is 5.91 Å². The third kappa shape index (κ3) is 4.10. The molecular weight excluding hydrogens is 354 g/mol. The van der Waals surface area contributed by atoms with E-state index in [-0.39, 0.29) is 23.9 Å². The molecule has 1 aliphatic rings. The van der Waals surface area contributed by atoms with Crippen LogP contribution >= 0.6 is 11.5 Å². The highest BCUT2D eigenvalue weighted by molar-refractivity contribution is 7.08. The average Bonchev–Trinajstić information content (AvgIpc) is 3.29. The lowest BCUT2D eigenvalue weighted by atomic mass is 10.1. The van der Waals surface area contributed by atoms with Gasteiger partial charge in [0.05, 0.1) is 18.3 Å². The predicted molar refractivity (Wildman–Crippen MR) is 96.8 cm³/mol. The van der Waals surface area contributed by atoms with E-state index < -0.39 is 0 Å².